The van der Waals surface area contributed by atoms with Crippen LogP contribution in [-0.2, 0) is 4.79 Å². The van der Waals surface area contributed by atoms with Gasteiger partial charge in [0.1, 0.15) is 0 Å². The standard InChI is InChI=1S/C20H23NO3/c1-14(2)20(22)21-17-8-6-5-7-16(17)11-9-15-10-12-18(23-3)19(13-15)24-4/h5-14H,1-4H3,(H,21,22)/b11-9+. The van der Waals surface area contributed by atoms with E-state index in [4.69, 9.17) is 9.47 Å². The van der Waals surface area contributed by atoms with E-state index in [2.05, 4.69) is 5.32 Å². The van der Waals surface area contributed by atoms with Crippen LogP contribution in [0, 0.1) is 5.92 Å². The minimum Gasteiger partial charge on any atom is -0.493 e. The number of hydrogen-bond acceptors (Lipinski definition) is 3. The topological polar surface area (TPSA) is 47.6 Å². The van der Waals surface area contributed by atoms with Gasteiger partial charge >= 0.3 is 0 Å². The quantitative estimate of drug-likeness (QED) is 0.797. The maximum atomic E-state index is 11.9. The first-order valence-corrected chi connectivity index (χ1v) is 7.85. The third-order valence-corrected chi connectivity index (χ3v) is 3.61. The predicted octanol–water partition coefficient (Wildman–Crippen LogP) is 4.47. The Morgan fingerprint density at radius 2 is 1.71 bits per heavy atom. The number of anilines is 1. The van der Waals surface area contributed by atoms with Crippen molar-refractivity contribution in [2.45, 2.75) is 13.8 Å². The van der Waals surface area contributed by atoms with Crippen molar-refractivity contribution < 1.29 is 14.3 Å². The fourth-order valence-corrected chi connectivity index (χ4v) is 2.18. The zero-order chi connectivity index (χ0) is 17.5. The molecule has 4 heteroatoms. The van der Waals surface area contributed by atoms with E-state index in [-0.39, 0.29) is 11.8 Å². The molecule has 0 aliphatic carbocycles. The van der Waals surface area contributed by atoms with Crippen molar-refractivity contribution in [1.82, 2.24) is 0 Å². The van der Waals surface area contributed by atoms with E-state index < -0.39 is 0 Å². The molecular weight excluding hydrogens is 302 g/mol. The summed E-state index contributed by atoms with van der Waals surface area (Å²) in [4.78, 5) is 11.9. The Balaban J connectivity index is 2.25. The van der Waals surface area contributed by atoms with Crippen molar-refractivity contribution in [3.8, 4) is 11.5 Å². The first-order chi connectivity index (χ1) is 11.5. The number of benzene rings is 2. The molecule has 2 rings (SSSR count). The molecule has 0 heterocycles. The molecule has 0 saturated heterocycles. The lowest BCUT2D eigenvalue weighted by Gasteiger charge is -2.10. The van der Waals surface area contributed by atoms with E-state index in [1.807, 2.05) is 68.5 Å². The molecule has 0 atom stereocenters. The maximum absolute atomic E-state index is 11.9. The molecule has 0 spiro atoms. The molecule has 24 heavy (non-hydrogen) atoms. The highest BCUT2D eigenvalue weighted by Gasteiger charge is 2.09. The Morgan fingerprint density at radius 3 is 2.38 bits per heavy atom. The number of rotatable bonds is 6. The molecule has 0 fully saturated rings. The minimum atomic E-state index is -0.0621. The Bertz CT molecular complexity index is 735. The Kier molecular flexibility index (Phi) is 6.01. The van der Waals surface area contributed by atoms with Gasteiger partial charge in [-0.15, -0.1) is 0 Å². The van der Waals surface area contributed by atoms with Crippen molar-refractivity contribution in [3.63, 3.8) is 0 Å². The smallest absolute Gasteiger partial charge is 0.226 e. The van der Waals surface area contributed by atoms with Crippen LogP contribution in [0.2, 0.25) is 0 Å². The lowest BCUT2D eigenvalue weighted by atomic mass is 10.1. The zero-order valence-corrected chi connectivity index (χ0v) is 14.5. The highest BCUT2D eigenvalue weighted by molar-refractivity contribution is 5.94. The lowest BCUT2D eigenvalue weighted by molar-refractivity contribution is -0.118. The molecule has 2 aromatic rings. The van der Waals surface area contributed by atoms with Gasteiger partial charge < -0.3 is 14.8 Å². The fraction of sp³-hybridized carbons (Fsp3) is 0.250. The number of carbonyl (C=O) groups is 1. The minimum absolute atomic E-state index is 0.00182. The number of carbonyl (C=O) groups excluding carboxylic acids is 1. The molecule has 4 nitrogen and oxygen atoms in total. The van der Waals surface area contributed by atoms with E-state index in [1.54, 1.807) is 14.2 Å². The summed E-state index contributed by atoms with van der Waals surface area (Å²) in [6.07, 6.45) is 3.94. The lowest BCUT2D eigenvalue weighted by Crippen LogP contribution is -2.18. The van der Waals surface area contributed by atoms with E-state index in [1.165, 1.54) is 0 Å². The van der Waals surface area contributed by atoms with Crippen LogP contribution in [0.4, 0.5) is 5.69 Å². The van der Waals surface area contributed by atoms with E-state index >= 15 is 0 Å². The molecule has 0 bridgehead atoms. The average Bonchev–Trinajstić information content (AvgIpc) is 2.60. The summed E-state index contributed by atoms with van der Waals surface area (Å²) in [6, 6.07) is 13.4. The number of para-hydroxylation sites is 1. The molecule has 0 unspecified atom stereocenters. The number of nitrogens with one attached hydrogen (secondary N) is 1. The first-order valence-electron chi connectivity index (χ1n) is 7.85. The van der Waals surface area contributed by atoms with Crippen molar-refractivity contribution in [1.29, 1.82) is 0 Å². The van der Waals surface area contributed by atoms with Crippen molar-refractivity contribution in [2.75, 3.05) is 19.5 Å². The third kappa shape index (κ3) is 4.38. The normalized spacial score (nSPS) is 10.9. The molecule has 0 saturated carbocycles. The second-order valence-electron chi connectivity index (χ2n) is 5.68. The predicted molar refractivity (Wildman–Crippen MR) is 98.4 cm³/mol. The number of hydrogen-bond donors (Lipinski definition) is 1. The molecule has 1 amide bonds. The molecule has 2 aromatic carbocycles. The summed E-state index contributed by atoms with van der Waals surface area (Å²) in [5, 5.41) is 2.95. The number of methoxy groups -OCH3 is 2. The zero-order valence-electron chi connectivity index (χ0n) is 14.5. The molecule has 0 aliphatic rings. The van der Waals surface area contributed by atoms with Crippen LogP contribution < -0.4 is 14.8 Å². The van der Waals surface area contributed by atoms with E-state index in [0.29, 0.717) is 11.5 Å². The van der Waals surface area contributed by atoms with Crippen LogP contribution in [0.1, 0.15) is 25.0 Å². The Labute approximate surface area is 143 Å². The average molecular weight is 325 g/mol. The summed E-state index contributed by atoms with van der Waals surface area (Å²) in [5.74, 6) is 1.31. The van der Waals surface area contributed by atoms with E-state index in [9.17, 15) is 4.79 Å². The van der Waals surface area contributed by atoms with Gasteiger partial charge in [-0.1, -0.05) is 50.3 Å². The van der Waals surface area contributed by atoms with Crippen LogP contribution in [0.3, 0.4) is 0 Å². The van der Waals surface area contributed by atoms with Crippen LogP contribution in [0.25, 0.3) is 12.2 Å². The highest BCUT2D eigenvalue weighted by atomic mass is 16.5. The van der Waals surface area contributed by atoms with Crippen LogP contribution >= 0.6 is 0 Å². The SMILES string of the molecule is COc1ccc(/C=C/c2ccccc2NC(=O)C(C)C)cc1OC. The van der Waals surface area contributed by atoms with Gasteiger partial charge in [0.2, 0.25) is 5.91 Å². The number of amides is 1. The monoisotopic (exact) mass is 325 g/mol. The highest BCUT2D eigenvalue weighted by Crippen LogP contribution is 2.28. The molecule has 126 valence electrons. The summed E-state index contributed by atoms with van der Waals surface area (Å²) < 4.78 is 10.6. The van der Waals surface area contributed by atoms with Gasteiger partial charge in [-0.25, -0.2) is 0 Å². The van der Waals surface area contributed by atoms with Crippen LogP contribution in [0.15, 0.2) is 42.5 Å². The van der Waals surface area contributed by atoms with Crippen LogP contribution in [-0.4, -0.2) is 20.1 Å². The second-order valence-corrected chi connectivity index (χ2v) is 5.68. The maximum Gasteiger partial charge on any atom is 0.226 e. The van der Waals surface area contributed by atoms with Crippen molar-refractivity contribution in [2.24, 2.45) is 5.92 Å². The van der Waals surface area contributed by atoms with Gasteiger partial charge in [0.25, 0.3) is 0 Å². The molecule has 1 N–H and O–H groups in total. The van der Waals surface area contributed by atoms with Crippen molar-refractivity contribution >= 4 is 23.7 Å². The third-order valence-electron chi connectivity index (χ3n) is 3.61. The van der Waals surface area contributed by atoms with Crippen LogP contribution in [0.5, 0.6) is 11.5 Å². The summed E-state index contributed by atoms with van der Waals surface area (Å²) in [5.41, 5.74) is 2.73. The van der Waals surface area contributed by atoms with Gasteiger partial charge in [-0.05, 0) is 29.3 Å². The largest absolute Gasteiger partial charge is 0.493 e. The first kappa shape index (κ1) is 17.6. The van der Waals surface area contributed by atoms with Gasteiger partial charge in [-0.3, -0.25) is 4.79 Å². The van der Waals surface area contributed by atoms with Gasteiger partial charge in [0.05, 0.1) is 14.2 Å². The van der Waals surface area contributed by atoms with Gasteiger partial charge in [0, 0.05) is 11.6 Å². The van der Waals surface area contributed by atoms with Gasteiger partial charge in [-0.2, -0.15) is 0 Å². The van der Waals surface area contributed by atoms with E-state index in [0.717, 1.165) is 16.8 Å². The Hall–Kier alpha value is -2.75. The number of ether oxygens (including phenoxy) is 2. The summed E-state index contributed by atoms with van der Waals surface area (Å²) in [6.45, 7) is 3.74. The molecule has 0 aromatic heterocycles. The van der Waals surface area contributed by atoms with Gasteiger partial charge in [0.15, 0.2) is 11.5 Å². The summed E-state index contributed by atoms with van der Waals surface area (Å²) >= 11 is 0. The summed E-state index contributed by atoms with van der Waals surface area (Å²) in [7, 11) is 3.23. The molecule has 0 aliphatic heterocycles. The molecular formula is C20H23NO3. The Morgan fingerprint density at radius 1 is 1.00 bits per heavy atom. The fourth-order valence-electron chi connectivity index (χ4n) is 2.18. The second kappa shape index (κ2) is 8.20. The van der Waals surface area contributed by atoms with Crippen molar-refractivity contribution in [3.05, 3.63) is 53.6 Å². The molecule has 0 radical (unpaired) electrons.